The molecule has 0 aliphatic carbocycles. The van der Waals surface area contributed by atoms with Crippen LogP contribution in [0.15, 0.2) is 42.7 Å². The highest BCUT2D eigenvalue weighted by Crippen LogP contribution is 2.30. The first kappa shape index (κ1) is 15.9. The smallest absolute Gasteiger partial charge is 0.293 e. The summed E-state index contributed by atoms with van der Waals surface area (Å²) in [5.41, 5.74) is 1.17. The minimum absolute atomic E-state index is 0.0873. The summed E-state index contributed by atoms with van der Waals surface area (Å²) in [6.07, 6.45) is 3.10. The molecule has 1 aromatic carbocycles. The molecule has 2 heterocycles. The number of ether oxygens (including phenoxy) is 1. The van der Waals surface area contributed by atoms with Gasteiger partial charge in [-0.05, 0) is 24.3 Å². The summed E-state index contributed by atoms with van der Waals surface area (Å²) in [5, 5.41) is 14.1. The normalized spacial score (nSPS) is 14.2. The van der Waals surface area contributed by atoms with Gasteiger partial charge in [-0.15, -0.1) is 0 Å². The van der Waals surface area contributed by atoms with Gasteiger partial charge in [-0.2, -0.15) is 0 Å². The van der Waals surface area contributed by atoms with Gasteiger partial charge in [0, 0.05) is 30.9 Å². The lowest BCUT2D eigenvalue weighted by Crippen LogP contribution is -2.36. The second kappa shape index (κ2) is 7.05. The van der Waals surface area contributed by atoms with E-state index in [1.165, 1.54) is 12.3 Å². The number of nitro groups is 1. The minimum atomic E-state index is -0.467. The Morgan fingerprint density at radius 2 is 2.08 bits per heavy atom. The van der Waals surface area contributed by atoms with E-state index in [4.69, 9.17) is 4.74 Å². The molecular weight excluding hydrogens is 312 g/mol. The Morgan fingerprint density at radius 1 is 1.29 bits per heavy atom. The number of morpholine rings is 1. The summed E-state index contributed by atoms with van der Waals surface area (Å²) in [6.45, 7) is 2.23. The first-order chi connectivity index (χ1) is 11.6. The van der Waals surface area contributed by atoms with Gasteiger partial charge in [-0.3, -0.25) is 19.9 Å². The number of aromatic nitrogens is 1. The van der Waals surface area contributed by atoms with Crippen molar-refractivity contribution in [1.82, 2.24) is 4.98 Å². The van der Waals surface area contributed by atoms with Crippen LogP contribution in [0, 0.1) is 10.1 Å². The lowest BCUT2D eigenvalue weighted by atomic mass is 10.1. The van der Waals surface area contributed by atoms with Crippen LogP contribution < -0.4 is 10.2 Å². The maximum atomic E-state index is 12.3. The van der Waals surface area contributed by atoms with Gasteiger partial charge in [-0.25, -0.2) is 0 Å². The molecule has 0 bridgehead atoms. The third-order valence-corrected chi connectivity index (χ3v) is 3.71. The second-order valence-electron chi connectivity index (χ2n) is 5.26. The van der Waals surface area contributed by atoms with E-state index in [9.17, 15) is 14.9 Å². The van der Waals surface area contributed by atoms with E-state index in [1.54, 1.807) is 30.5 Å². The third kappa shape index (κ3) is 3.49. The molecule has 1 aliphatic heterocycles. The maximum Gasteiger partial charge on any atom is 0.293 e. The van der Waals surface area contributed by atoms with Gasteiger partial charge in [0.2, 0.25) is 0 Å². The zero-order valence-electron chi connectivity index (χ0n) is 12.8. The van der Waals surface area contributed by atoms with E-state index < -0.39 is 10.8 Å². The number of nitro benzene ring substituents is 1. The molecule has 3 rings (SSSR count). The number of amides is 1. The van der Waals surface area contributed by atoms with Gasteiger partial charge in [0.05, 0.1) is 30.0 Å². The average Bonchev–Trinajstić information content (AvgIpc) is 2.62. The SMILES string of the molecule is O=C(Nc1cccnc1)c1ccc(N2CCOCC2)c([N+](=O)[O-])c1. The minimum Gasteiger partial charge on any atom is -0.378 e. The number of carbonyl (C=O) groups excluding carboxylic acids is 1. The Bertz CT molecular complexity index is 745. The molecule has 1 aliphatic rings. The zero-order valence-corrected chi connectivity index (χ0v) is 12.8. The number of pyridine rings is 1. The quantitative estimate of drug-likeness (QED) is 0.681. The van der Waals surface area contributed by atoms with Crippen molar-refractivity contribution in [3.8, 4) is 0 Å². The number of benzene rings is 1. The lowest BCUT2D eigenvalue weighted by Gasteiger charge is -2.28. The van der Waals surface area contributed by atoms with Crippen molar-refractivity contribution in [2.75, 3.05) is 36.5 Å². The second-order valence-corrected chi connectivity index (χ2v) is 5.26. The highest BCUT2D eigenvalue weighted by Gasteiger charge is 2.23. The van der Waals surface area contributed by atoms with Crippen LogP contribution in [0.25, 0.3) is 0 Å². The Morgan fingerprint density at radius 3 is 2.75 bits per heavy atom. The Labute approximate surface area is 138 Å². The van der Waals surface area contributed by atoms with E-state index in [0.29, 0.717) is 37.7 Å². The first-order valence-electron chi connectivity index (χ1n) is 7.47. The summed E-state index contributed by atoms with van der Waals surface area (Å²) < 4.78 is 5.27. The predicted octanol–water partition coefficient (Wildman–Crippen LogP) is 2.08. The third-order valence-electron chi connectivity index (χ3n) is 3.71. The molecule has 0 spiro atoms. The summed E-state index contributed by atoms with van der Waals surface area (Å²) >= 11 is 0. The zero-order chi connectivity index (χ0) is 16.9. The fraction of sp³-hybridized carbons (Fsp3) is 0.250. The van der Waals surface area contributed by atoms with Gasteiger partial charge >= 0.3 is 0 Å². The van der Waals surface area contributed by atoms with Crippen LogP contribution in [-0.2, 0) is 4.74 Å². The molecule has 124 valence electrons. The number of hydrogen-bond acceptors (Lipinski definition) is 6. The summed E-state index contributed by atoms with van der Waals surface area (Å²) in [7, 11) is 0. The molecule has 8 nitrogen and oxygen atoms in total. The van der Waals surface area contributed by atoms with Gasteiger partial charge in [-0.1, -0.05) is 0 Å². The van der Waals surface area contributed by atoms with Gasteiger partial charge in [0.25, 0.3) is 11.6 Å². The molecule has 0 saturated carbocycles. The lowest BCUT2D eigenvalue weighted by molar-refractivity contribution is -0.384. The Balaban J connectivity index is 1.85. The predicted molar refractivity (Wildman–Crippen MR) is 88.3 cm³/mol. The Kier molecular flexibility index (Phi) is 4.66. The van der Waals surface area contributed by atoms with Crippen LogP contribution in [0.2, 0.25) is 0 Å². The molecule has 1 fully saturated rings. The van der Waals surface area contributed by atoms with Crippen LogP contribution in [0.5, 0.6) is 0 Å². The average molecular weight is 328 g/mol. The van der Waals surface area contributed by atoms with E-state index >= 15 is 0 Å². The van der Waals surface area contributed by atoms with Crippen LogP contribution in [-0.4, -0.2) is 42.1 Å². The highest BCUT2D eigenvalue weighted by molar-refractivity contribution is 6.05. The van der Waals surface area contributed by atoms with Crippen LogP contribution in [0.1, 0.15) is 10.4 Å². The fourth-order valence-electron chi connectivity index (χ4n) is 2.52. The van der Waals surface area contributed by atoms with Crippen molar-refractivity contribution in [1.29, 1.82) is 0 Å². The Hall–Kier alpha value is -3.00. The van der Waals surface area contributed by atoms with Crippen molar-refractivity contribution < 1.29 is 14.5 Å². The van der Waals surface area contributed by atoms with Gasteiger partial charge in [0.15, 0.2) is 0 Å². The number of nitrogens with one attached hydrogen (secondary N) is 1. The van der Waals surface area contributed by atoms with Gasteiger partial charge < -0.3 is 15.0 Å². The number of rotatable bonds is 4. The summed E-state index contributed by atoms with van der Waals surface area (Å²) in [4.78, 5) is 29.0. The number of nitrogens with zero attached hydrogens (tertiary/aromatic N) is 3. The fourth-order valence-corrected chi connectivity index (χ4v) is 2.52. The molecule has 2 aromatic rings. The van der Waals surface area contributed by atoms with Crippen molar-refractivity contribution in [3.05, 3.63) is 58.4 Å². The number of carbonyl (C=O) groups is 1. The van der Waals surface area contributed by atoms with Crippen LogP contribution in [0.3, 0.4) is 0 Å². The molecule has 0 radical (unpaired) electrons. The molecule has 0 unspecified atom stereocenters. The highest BCUT2D eigenvalue weighted by atomic mass is 16.6. The van der Waals surface area contributed by atoms with Crippen molar-refractivity contribution in [2.45, 2.75) is 0 Å². The van der Waals surface area contributed by atoms with Crippen molar-refractivity contribution >= 4 is 23.0 Å². The molecule has 1 amide bonds. The molecule has 1 N–H and O–H groups in total. The van der Waals surface area contributed by atoms with E-state index in [1.807, 2.05) is 4.90 Å². The topological polar surface area (TPSA) is 97.6 Å². The molecular formula is C16H16N4O4. The molecule has 0 atom stereocenters. The largest absolute Gasteiger partial charge is 0.378 e. The first-order valence-corrected chi connectivity index (χ1v) is 7.47. The molecule has 24 heavy (non-hydrogen) atoms. The van der Waals surface area contributed by atoms with E-state index in [2.05, 4.69) is 10.3 Å². The number of anilines is 2. The van der Waals surface area contributed by atoms with Crippen molar-refractivity contribution in [2.24, 2.45) is 0 Å². The van der Waals surface area contributed by atoms with E-state index in [0.717, 1.165) is 0 Å². The summed E-state index contributed by atoms with van der Waals surface area (Å²) in [6, 6.07) is 7.89. The molecule has 1 aromatic heterocycles. The van der Waals surface area contributed by atoms with E-state index in [-0.39, 0.29) is 11.3 Å². The van der Waals surface area contributed by atoms with Crippen LogP contribution in [0.4, 0.5) is 17.1 Å². The van der Waals surface area contributed by atoms with Gasteiger partial charge in [0.1, 0.15) is 5.69 Å². The standard InChI is InChI=1S/C16H16N4O4/c21-16(18-13-2-1-5-17-11-13)12-3-4-14(15(10-12)20(22)23)19-6-8-24-9-7-19/h1-5,10-11H,6-9H2,(H,18,21). The maximum absolute atomic E-state index is 12.3. The van der Waals surface area contributed by atoms with Crippen molar-refractivity contribution in [3.63, 3.8) is 0 Å². The molecule has 1 saturated heterocycles. The molecule has 8 heteroatoms. The summed E-state index contributed by atoms with van der Waals surface area (Å²) in [5.74, 6) is -0.417. The monoisotopic (exact) mass is 328 g/mol. The van der Waals surface area contributed by atoms with Crippen LogP contribution >= 0.6 is 0 Å². The number of hydrogen-bond donors (Lipinski definition) is 1.